The van der Waals surface area contributed by atoms with Gasteiger partial charge >= 0.3 is 150 Å². The summed E-state index contributed by atoms with van der Waals surface area (Å²) in [5.41, 5.74) is 2.89. The van der Waals surface area contributed by atoms with Gasteiger partial charge in [0.2, 0.25) is 0 Å². The van der Waals surface area contributed by atoms with Crippen molar-refractivity contribution in [3.63, 3.8) is 0 Å². The summed E-state index contributed by atoms with van der Waals surface area (Å²) in [6, 6.07) is 25.5. The zero-order chi connectivity index (χ0) is 15.9. The fraction of sp³-hybridized carbons (Fsp3) is 0.200. The predicted octanol–water partition coefficient (Wildman–Crippen LogP) is 4.13. The molecule has 1 nitrogen and oxygen atoms in total. The molecule has 3 aromatic rings. The Morgan fingerprint density at radius 1 is 0.783 bits per heavy atom. The van der Waals surface area contributed by atoms with E-state index in [9.17, 15) is 0 Å². The molecule has 0 radical (unpaired) electrons. The van der Waals surface area contributed by atoms with Gasteiger partial charge in [0.15, 0.2) is 0 Å². The van der Waals surface area contributed by atoms with Gasteiger partial charge in [-0.15, -0.1) is 0 Å². The third-order valence-corrected chi connectivity index (χ3v) is 13.0. The molecule has 23 heavy (non-hydrogen) atoms. The van der Waals surface area contributed by atoms with Crippen LogP contribution >= 0.6 is 0 Å². The first-order valence-corrected chi connectivity index (χ1v) is 13.3. The van der Waals surface area contributed by atoms with Crippen molar-refractivity contribution in [3.05, 3.63) is 64.7 Å². The summed E-state index contributed by atoms with van der Waals surface area (Å²) in [4.78, 5) is 2.56. The van der Waals surface area contributed by atoms with Gasteiger partial charge in [-0.25, -0.2) is 0 Å². The molecule has 4 rings (SSSR count). The summed E-state index contributed by atoms with van der Waals surface area (Å²) >= 11 is -0.209. The van der Waals surface area contributed by atoms with Crippen LogP contribution in [0.1, 0.15) is 13.8 Å². The average molecular weight is 431 g/mol. The molecule has 0 bridgehead atoms. The number of benzene rings is 2. The summed E-state index contributed by atoms with van der Waals surface area (Å²) in [6.45, 7) is 4.78. The van der Waals surface area contributed by atoms with E-state index in [0.29, 0.717) is 0 Å². The quantitative estimate of drug-likeness (QED) is 0.564. The first kappa shape index (κ1) is 15.3. The van der Waals surface area contributed by atoms with Gasteiger partial charge in [0, 0.05) is 0 Å². The van der Waals surface area contributed by atoms with Crippen LogP contribution in [0.4, 0.5) is 15.1 Å². The number of rotatable bonds is 3. The molecule has 0 fully saturated rings. The van der Waals surface area contributed by atoms with Gasteiger partial charge < -0.3 is 0 Å². The standard InChI is InChI=1S/C20H21NSiTe/c1-3-22(4-2)18-12-7-5-10-16(18)21(20-14-9-15-23-20)17-11-6-8-13-19(17)22/h5-15H,3-4H2,1-2H3. The minimum absolute atomic E-state index is 0.209. The third-order valence-electron chi connectivity index (χ3n) is 5.25. The molecule has 3 heteroatoms. The van der Waals surface area contributed by atoms with E-state index in [-0.39, 0.29) is 20.4 Å². The molecule has 2 aromatic carbocycles. The van der Waals surface area contributed by atoms with Crippen LogP contribution in [0.3, 0.4) is 0 Å². The molecular formula is C20H21NSiTe. The van der Waals surface area contributed by atoms with Gasteiger partial charge in [-0.3, -0.25) is 0 Å². The maximum absolute atomic E-state index is 2.56. The molecule has 116 valence electrons. The molecule has 2 heterocycles. The van der Waals surface area contributed by atoms with Crippen molar-refractivity contribution in [2.75, 3.05) is 4.90 Å². The molecule has 0 atom stereocenters. The van der Waals surface area contributed by atoms with Crippen molar-refractivity contribution in [2.24, 2.45) is 0 Å². The van der Waals surface area contributed by atoms with E-state index in [2.05, 4.69) is 83.5 Å². The van der Waals surface area contributed by atoms with E-state index in [1.165, 1.54) is 27.2 Å². The Kier molecular flexibility index (Phi) is 3.97. The number of fused-ring (bicyclic) bond motifs is 2. The summed E-state index contributed by atoms with van der Waals surface area (Å²) in [5.74, 6) is 0. The summed E-state index contributed by atoms with van der Waals surface area (Å²) in [6.07, 6.45) is 0. The van der Waals surface area contributed by atoms with Gasteiger partial charge in [0.05, 0.1) is 0 Å². The molecule has 0 saturated carbocycles. The number of para-hydroxylation sites is 2. The van der Waals surface area contributed by atoms with Crippen LogP contribution in [0.2, 0.25) is 12.1 Å². The second-order valence-corrected chi connectivity index (χ2v) is 13.4. The van der Waals surface area contributed by atoms with Gasteiger partial charge in [-0.05, 0) is 0 Å². The van der Waals surface area contributed by atoms with Crippen molar-refractivity contribution >= 4 is 54.0 Å². The van der Waals surface area contributed by atoms with Crippen molar-refractivity contribution in [1.82, 2.24) is 0 Å². The molecule has 0 aliphatic carbocycles. The van der Waals surface area contributed by atoms with Crippen molar-refractivity contribution in [1.29, 1.82) is 0 Å². The van der Waals surface area contributed by atoms with Crippen molar-refractivity contribution < 1.29 is 0 Å². The Hall–Kier alpha value is -1.27. The van der Waals surface area contributed by atoms with Crippen LogP contribution in [0.25, 0.3) is 0 Å². The van der Waals surface area contributed by atoms with E-state index in [1.807, 2.05) is 0 Å². The second-order valence-electron chi connectivity index (χ2n) is 6.11. The van der Waals surface area contributed by atoms with E-state index in [0.717, 1.165) is 0 Å². The number of hydrogen-bond acceptors (Lipinski definition) is 1. The fourth-order valence-corrected chi connectivity index (χ4v) is 10.7. The summed E-state index contributed by atoms with van der Waals surface area (Å²) in [7, 11) is -1.64. The van der Waals surface area contributed by atoms with Gasteiger partial charge in [0.25, 0.3) is 0 Å². The maximum atomic E-state index is 2.56. The fourth-order valence-electron chi connectivity index (χ4n) is 4.07. The number of nitrogens with zero attached hydrogens (tertiary/aromatic N) is 1. The molecule has 1 aliphatic rings. The molecule has 0 amide bonds. The van der Waals surface area contributed by atoms with Crippen LogP contribution in [-0.4, -0.2) is 28.5 Å². The van der Waals surface area contributed by atoms with E-state index in [1.54, 1.807) is 10.4 Å². The second kappa shape index (κ2) is 5.98. The Morgan fingerprint density at radius 2 is 1.35 bits per heavy atom. The summed E-state index contributed by atoms with van der Waals surface area (Å²) in [5, 5.41) is 3.26. The van der Waals surface area contributed by atoms with Crippen LogP contribution in [0.5, 0.6) is 0 Å². The van der Waals surface area contributed by atoms with Crippen LogP contribution in [0, 0.1) is 0 Å². The molecule has 0 N–H and O–H groups in total. The average Bonchev–Trinajstić information content (AvgIpc) is 3.14. The topological polar surface area (TPSA) is 3.24 Å². The van der Waals surface area contributed by atoms with E-state index in [4.69, 9.17) is 0 Å². The molecule has 0 saturated heterocycles. The molecule has 1 aromatic heterocycles. The van der Waals surface area contributed by atoms with Gasteiger partial charge in [-0.1, -0.05) is 0 Å². The first-order chi connectivity index (χ1) is 11.3. The Morgan fingerprint density at radius 3 is 1.83 bits per heavy atom. The molecular weight excluding hydrogens is 410 g/mol. The number of anilines is 3. The molecule has 0 spiro atoms. The zero-order valence-electron chi connectivity index (χ0n) is 13.6. The van der Waals surface area contributed by atoms with E-state index >= 15 is 0 Å². The van der Waals surface area contributed by atoms with Gasteiger partial charge in [-0.2, -0.15) is 0 Å². The minimum atomic E-state index is -1.64. The Labute approximate surface area is 149 Å². The Bertz CT molecular complexity index is 772. The number of hydrogen-bond donors (Lipinski definition) is 0. The SMILES string of the molecule is CC[Si]1(CC)c2ccccc2N(c2ccc[te]2)c2ccccc21. The van der Waals surface area contributed by atoms with Gasteiger partial charge in [0.1, 0.15) is 0 Å². The zero-order valence-corrected chi connectivity index (χ0v) is 17.0. The predicted molar refractivity (Wildman–Crippen MR) is 104 cm³/mol. The summed E-state index contributed by atoms with van der Waals surface area (Å²) < 4.78 is 3.90. The monoisotopic (exact) mass is 433 g/mol. The van der Waals surface area contributed by atoms with Crippen LogP contribution in [0.15, 0.2) is 64.7 Å². The van der Waals surface area contributed by atoms with Crippen molar-refractivity contribution in [2.45, 2.75) is 25.9 Å². The van der Waals surface area contributed by atoms with Crippen molar-refractivity contribution in [3.8, 4) is 0 Å². The Balaban J connectivity index is 2.07. The molecule has 0 unspecified atom stereocenters. The molecule has 1 aliphatic heterocycles. The van der Waals surface area contributed by atoms with Crippen LogP contribution in [-0.2, 0) is 0 Å². The van der Waals surface area contributed by atoms with E-state index < -0.39 is 8.07 Å². The third kappa shape index (κ3) is 2.18. The first-order valence-electron chi connectivity index (χ1n) is 8.34. The van der Waals surface area contributed by atoms with Crippen LogP contribution < -0.4 is 15.3 Å². The normalized spacial score (nSPS) is 15.1.